The molecule has 0 aromatic carbocycles. The number of fused-ring (bicyclic) bond motifs is 1. The molecule has 0 aliphatic carbocycles. The summed E-state index contributed by atoms with van der Waals surface area (Å²) in [6.07, 6.45) is 5.71. The van der Waals surface area contributed by atoms with Crippen molar-refractivity contribution < 1.29 is 4.74 Å². The van der Waals surface area contributed by atoms with E-state index in [1.54, 1.807) is 7.11 Å². The molecule has 18 heavy (non-hydrogen) atoms. The summed E-state index contributed by atoms with van der Waals surface area (Å²) in [6, 6.07) is 4.22. The van der Waals surface area contributed by atoms with Crippen LogP contribution in [0, 0.1) is 6.92 Å². The fourth-order valence-corrected chi connectivity index (χ4v) is 2.57. The number of rotatable bonds is 3. The maximum absolute atomic E-state index is 5.39. The Morgan fingerprint density at radius 3 is 3.17 bits per heavy atom. The quantitative estimate of drug-likeness (QED) is 0.826. The summed E-state index contributed by atoms with van der Waals surface area (Å²) < 4.78 is 7.48. The van der Waals surface area contributed by atoms with Crippen LogP contribution >= 0.6 is 0 Å². The molecule has 1 aliphatic rings. The van der Waals surface area contributed by atoms with E-state index in [-0.39, 0.29) is 0 Å². The van der Waals surface area contributed by atoms with Crippen molar-refractivity contribution in [3.63, 3.8) is 0 Å². The van der Waals surface area contributed by atoms with Crippen LogP contribution in [0.15, 0.2) is 24.5 Å². The number of methoxy groups -OCH3 is 1. The lowest BCUT2D eigenvalue weighted by Gasteiger charge is -2.13. The lowest BCUT2D eigenvalue weighted by molar-refractivity contribution is 0.107. The van der Waals surface area contributed by atoms with E-state index in [4.69, 9.17) is 4.74 Å². The number of nitrogens with zero attached hydrogens (tertiary/aromatic N) is 3. The Morgan fingerprint density at radius 1 is 1.50 bits per heavy atom. The minimum Gasteiger partial charge on any atom is -0.380 e. The zero-order valence-electron chi connectivity index (χ0n) is 11.0. The minimum absolute atomic E-state index is 0.393. The first-order valence-electron chi connectivity index (χ1n) is 6.44. The Hall–Kier alpha value is -1.39. The molecule has 4 nitrogen and oxygen atoms in total. The van der Waals surface area contributed by atoms with Gasteiger partial charge in [-0.2, -0.15) is 0 Å². The Balaban J connectivity index is 1.75. The molecule has 0 N–H and O–H groups in total. The number of aryl methyl sites for hydroxylation is 1. The van der Waals surface area contributed by atoms with Gasteiger partial charge in [-0.15, -0.1) is 0 Å². The van der Waals surface area contributed by atoms with Crippen molar-refractivity contribution in [3.8, 4) is 0 Å². The number of ether oxygens (including phenoxy) is 1. The van der Waals surface area contributed by atoms with Crippen LogP contribution in [-0.2, 0) is 11.3 Å². The van der Waals surface area contributed by atoms with Crippen molar-refractivity contribution in [2.45, 2.75) is 26.0 Å². The molecule has 2 aromatic rings. The van der Waals surface area contributed by atoms with Crippen LogP contribution < -0.4 is 0 Å². The Bertz CT molecular complexity index is 549. The van der Waals surface area contributed by atoms with Crippen LogP contribution in [0.3, 0.4) is 0 Å². The van der Waals surface area contributed by atoms with E-state index >= 15 is 0 Å². The molecular formula is C14H19N3O. The topological polar surface area (TPSA) is 29.8 Å². The number of likely N-dealkylation sites (tertiary alicyclic amines) is 1. The van der Waals surface area contributed by atoms with Crippen LogP contribution in [0.4, 0.5) is 0 Å². The van der Waals surface area contributed by atoms with Gasteiger partial charge in [-0.25, -0.2) is 4.98 Å². The third kappa shape index (κ3) is 2.26. The highest BCUT2D eigenvalue weighted by Crippen LogP contribution is 2.15. The molecule has 96 valence electrons. The first kappa shape index (κ1) is 11.7. The first-order valence-corrected chi connectivity index (χ1v) is 6.44. The molecule has 1 atom stereocenters. The second-order valence-corrected chi connectivity index (χ2v) is 5.08. The first-order chi connectivity index (χ1) is 8.74. The molecule has 0 radical (unpaired) electrons. The zero-order valence-corrected chi connectivity index (χ0v) is 11.0. The average molecular weight is 245 g/mol. The van der Waals surface area contributed by atoms with Gasteiger partial charge in [0.15, 0.2) is 0 Å². The van der Waals surface area contributed by atoms with Crippen LogP contribution in [0.2, 0.25) is 0 Å². The molecule has 3 rings (SSSR count). The van der Waals surface area contributed by atoms with E-state index in [1.807, 2.05) is 0 Å². The summed E-state index contributed by atoms with van der Waals surface area (Å²) in [4.78, 5) is 7.07. The zero-order chi connectivity index (χ0) is 12.5. The van der Waals surface area contributed by atoms with Gasteiger partial charge < -0.3 is 9.14 Å². The average Bonchev–Trinajstić information content (AvgIpc) is 2.95. The largest absolute Gasteiger partial charge is 0.380 e. The van der Waals surface area contributed by atoms with Crippen molar-refractivity contribution in [3.05, 3.63) is 35.8 Å². The Kier molecular flexibility index (Phi) is 3.06. The monoisotopic (exact) mass is 245 g/mol. The third-order valence-electron chi connectivity index (χ3n) is 3.61. The van der Waals surface area contributed by atoms with E-state index in [0.29, 0.717) is 6.10 Å². The molecule has 4 heteroatoms. The predicted molar refractivity (Wildman–Crippen MR) is 70.6 cm³/mol. The maximum Gasteiger partial charge on any atom is 0.137 e. The van der Waals surface area contributed by atoms with Gasteiger partial charge in [-0.1, -0.05) is 0 Å². The van der Waals surface area contributed by atoms with Gasteiger partial charge in [0.25, 0.3) is 0 Å². The maximum atomic E-state index is 5.39. The molecule has 0 bridgehead atoms. The Morgan fingerprint density at radius 2 is 2.39 bits per heavy atom. The van der Waals surface area contributed by atoms with Crippen molar-refractivity contribution in [2.75, 3.05) is 20.2 Å². The van der Waals surface area contributed by atoms with Crippen molar-refractivity contribution in [1.29, 1.82) is 0 Å². The summed E-state index contributed by atoms with van der Waals surface area (Å²) in [7, 11) is 1.79. The van der Waals surface area contributed by atoms with E-state index in [0.717, 1.165) is 37.4 Å². The molecule has 1 fully saturated rings. The minimum atomic E-state index is 0.393. The summed E-state index contributed by atoms with van der Waals surface area (Å²) in [6.45, 7) is 5.13. The number of pyridine rings is 1. The summed E-state index contributed by atoms with van der Waals surface area (Å²) in [5.41, 5.74) is 3.42. The fraction of sp³-hybridized carbons (Fsp3) is 0.500. The van der Waals surface area contributed by atoms with Crippen LogP contribution in [0.1, 0.15) is 17.7 Å². The van der Waals surface area contributed by atoms with E-state index in [2.05, 4.69) is 45.7 Å². The number of hydrogen-bond acceptors (Lipinski definition) is 3. The van der Waals surface area contributed by atoms with Gasteiger partial charge in [0.05, 0.1) is 11.8 Å². The van der Waals surface area contributed by atoms with Crippen LogP contribution in [0.25, 0.3) is 5.65 Å². The number of hydrogen-bond donors (Lipinski definition) is 0. The number of aromatic nitrogens is 2. The van der Waals surface area contributed by atoms with Gasteiger partial charge in [-0.3, -0.25) is 4.90 Å². The third-order valence-corrected chi connectivity index (χ3v) is 3.61. The molecule has 3 heterocycles. The molecule has 2 aromatic heterocycles. The molecule has 1 unspecified atom stereocenters. The molecule has 1 saturated heterocycles. The normalized spacial score (nSPS) is 20.9. The van der Waals surface area contributed by atoms with E-state index < -0.39 is 0 Å². The van der Waals surface area contributed by atoms with Gasteiger partial charge in [-0.05, 0) is 31.0 Å². The predicted octanol–water partition coefficient (Wildman–Crippen LogP) is 1.86. The molecule has 0 amide bonds. The fourth-order valence-electron chi connectivity index (χ4n) is 2.57. The van der Waals surface area contributed by atoms with Crippen LogP contribution in [-0.4, -0.2) is 40.6 Å². The highest BCUT2D eigenvalue weighted by molar-refractivity contribution is 5.42. The Labute approximate surface area is 107 Å². The van der Waals surface area contributed by atoms with Crippen molar-refractivity contribution in [1.82, 2.24) is 14.3 Å². The summed E-state index contributed by atoms with van der Waals surface area (Å²) in [5, 5.41) is 0. The van der Waals surface area contributed by atoms with E-state index in [9.17, 15) is 0 Å². The smallest absolute Gasteiger partial charge is 0.137 e. The van der Waals surface area contributed by atoms with Crippen molar-refractivity contribution in [2.24, 2.45) is 0 Å². The molecule has 0 spiro atoms. The molecule has 0 saturated carbocycles. The lowest BCUT2D eigenvalue weighted by Crippen LogP contribution is -2.22. The second kappa shape index (κ2) is 4.71. The highest BCUT2D eigenvalue weighted by Gasteiger charge is 2.22. The van der Waals surface area contributed by atoms with Gasteiger partial charge in [0, 0.05) is 39.1 Å². The van der Waals surface area contributed by atoms with Gasteiger partial charge in [0.2, 0.25) is 0 Å². The SMILES string of the molecule is COC1CCN(Cc2cn3ccc(C)cc3n2)C1. The molecule has 1 aliphatic heterocycles. The van der Waals surface area contributed by atoms with E-state index in [1.165, 1.54) is 5.56 Å². The molecular weight excluding hydrogens is 226 g/mol. The summed E-state index contributed by atoms with van der Waals surface area (Å²) >= 11 is 0. The standard InChI is InChI=1S/C14H19N3O/c1-11-3-6-17-9-12(15-14(17)7-11)8-16-5-4-13(10-16)18-2/h3,6-7,9,13H,4-5,8,10H2,1-2H3. The number of imidazole rings is 1. The van der Waals surface area contributed by atoms with Crippen molar-refractivity contribution >= 4 is 5.65 Å². The van der Waals surface area contributed by atoms with Gasteiger partial charge >= 0.3 is 0 Å². The second-order valence-electron chi connectivity index (χ2n) is 5.08. The van der Waals surface area contributed by atoms with Crippen LogP contribution in [0.5, 0.6) is 0 Å². The van der Waals surface area contributed by atoms with Gasteiger partial charge in [0.1, 0.15) is 5.65 Å². The highest BCUT2D eigenvalue weighted by atomic mass is 16.5. The summed E-state index contributed by atoms with van der Waals surface area (Å²) in [5.74, 6) is 0. The lowest BCUT2D eigenvalue weighted by atomic mass is 10.3.